The summed E-state index contributed by atoms with van der Waals surface area (Å²) in [5.41, 5.74) is 0.524. The van der Waals surface area contributed by atoms with Crippen LogP contribution in [-0.2, 0) is 16.0 Å². The molecule has 0 aliphatic carbocycles. The van der Waals surface area contributed by atoms with Gasteiger partial charge in [-0.2, -0.15) is 13.2 Å². The third-order valence-electron chi connectivity index (χ3n) is 6.08. The summed E-state index contributed by atoms with van der Waals surface area (Å²) in [6.07, 6.45) is -2.54. The molecule has 198 valence electrons. The van der Waals surface area contributed by atoms with Gasteiger partial charge >= 0.3 is 6.18 Å². The molecule has 0 radical (unpaired) electrons. The predicted molar refractivity (Wildman–Crippen MR) is 137 cm³/mol. The Hall–Kier alpha value is -3.58. The normalized spacial score (nSPS) is 15.0. The lowest BCUT2D eigenvalue weighted by molar-refractivity contribution is -0.139. The van der Waals surface area contributed by atoms with Crippen molar-refractivity contribution in [2.24, 2.45) is 0 Å². The number of benzene rings is 2. The van der Waals surface area contributed by atoms with Crippen LogP contribution in [0, 0.1) is 0 Å². The summed E-state index contributed by atoms with van der Waals surface area (Å²) in [6.45, 7) is 1.14. The summed E-state index contributed by atoms with van der Waals surface area (Å²) in [7, 11) is -3.28. The van der Waals surface area contributed by atoms with Gasteiger partial charge in [-0.3, -0.25) is 0 Å². The van der Waals surface area contributed by atoms with Gasteiger partial charge in [0.1, 0.15) is 22.6 Å². The van der Waals surface area contributed by atoms with Crippen LogP contribution < -0.4 is 9.64 Å². The van der Waals surface area contributed by atoms with Gasteiger partial charge in [0, 0.05) is 37.8 Å². The topological polar surface area (TPSA) is 98.2 Å². The highest BCUT2D eigenvalue weighted by Gasteiger charge is 2.35. The number of sulfone groups is 1. The van der Waals surface area contributed by atoms with Gasteiger partial charge in [0.05, 0.1) is 10.5 Å². The van der Waals surface area contributed by atoms with Gasteiger partial charge in [-0.15, -0.1) is 20.4 Å². The summed E-state index contributed by atoms with van der Waals surface area (Å²) in [5.74, 6) is 0.509. The van der Waals surface area contributed by atoms with Crippen LogP contribution in [0.4, 0.5) is 19.0 Å². The number of nitrogens with zero attached hydrogens (tertiary/aromatic N) is 5. The van der Waals surface area contributed by atoms with Gasteiger partial charge in [0.15, 0.2) is 20.7 Å². The molecule has 1 aliphatic heterocycles. The molecular weight excluding hydrogens is 539 g/mol. The van der Waals surface area contributed by atoms with Crippen molar-refractivity contribution in [2.45, 2.75) is 30.0 Å². The summed E-state index contributed by atoms with van der Waals surface area (Å²) < 4.78 is 68.8. The molecule has 0 amide bonds. The Morgan fingerprint density at radius 1 is 0.895 bits per heavy atom. The zero-order valence-corrected chi connectivity index (χ0v) is 21.7. The largest absolute Gasteiger partial charge is 0.490 e. The highest BCUT2D eigenvalue weighted by atomic mass is 32.2. The molecule has 8 nitrogen and oxygen atoms in total. The number of piperidine rings is 1. The van der Waals surface area contributed by atoms with Crippen LogP contribution in [-0.4, -0.2) is 54.3 Å². The predicted octanol–water partition coefficient (Wildman–Crippen LogP) is 5.13. The second kappa shape index (κ2) is 10.3. The third kappa shape index (κ3) is 5.78. The van der Waals surface area contributed by atoms with Gasteiger partial charge in [-0.1, -0.05) is 35.6 Å². The van der Waals surface area contributed by atoms with Crippen molar-refractivity contribution in [1.82, 2.24) is 20.4 Å². The van der Waals surface area contributed by atoms with Crippen molar-refractivity contribution in [2.75, 3.05) is 24.2 Å². The van der Waals surface area contributed by atoms with Gasteiger partial charge in [-0.25, -0.2) is 8.42 Å². The summed E-state index contributed by atoms with van der Waals surface area (Å²) in [6, 6.07) is 15.3. The number of ether oxygens (including phenoxy) is 1. The number of alkyl halides is 3. The molecule has 0 atom stereocenters. The molecular formula is C25H22F3N5O3S2. The zero-order chi connectivity index (χ0) is 26.9. The van der Waals surface area contributed by atoms with Crippen molar-refractivity contribution >= 4 is 27.0 Å². The molecule has 2 aromatic carbocycles. The minimum Gasteiger partial charge on any atom is -0.490 e. The van der Waals surface area contributed by atoms with Crippen molar-refractivity contribution in [3.8, 4) is 27.0 Å². The van der Waals surface area contributed by atoms with Gasteiger partial charge in [0.2, 0.25) is 0 Å². The number of aromatic nitrogens is 4. The maximum Gasteiger partial charge on any atom is 0.419 e. The van der Waals surface area contributed by atoms with E-state index in [-0.39, 0.29) is 16.7 Å². The first-order valence-corrected chi connectivity index (χ1v) is 14.3. The number of hydrogen-bond acceptors (Lipinski definition) is 9. The molecule has 0 unspecified atom stereocenters. The first-order valence-electron chi connectivity index (χ1n) is 11.6. The van der Waals surface area contributed by atoms with Crippen molar-refractivity contribution in [3.63, 3.8) is 0 Å². The van der Waals surface area contributed by atoms with Crippen molar-refractivity contribution in [1.29, 1.82) is 0 Å². The second-order valence-electron chi connectivity index (χ2n) is 8.78. The molecule has 0 bridgehead atoms. The Morgan fingerprint density at radius 2 is 1.58 bits per heavy atom. The standard InChI is InChI=1S/C25H22F3N5O3S2/c1-38(34,35)18-8-6-16(7-9-18)23-31-32-24(37-23)20-10-11-22(30-29-20)33-14-12-17(13-15-33)36-21-5-3-2-4-19(21)25(26,27)28/h2-11,17H,12-15H2,1H3. The quantitative estimate of drug-likeness (QED) is 0.320. The molecule has 0 saturated carbocycles. The zero-order valence-electron chi connectivity index (χ0n) is 20.1. The van der Waals surface area contributed by atoms with E-state index in [9.17, 15) is 21.6 Å². The molecule has 3 heterocycles. The lowest BCUT2D eigenvalue weighted by Gasteiger charge is -2.33. The highest BCUT2D eigenvalue weighted by Crippen LogP contribution is 2.37. The lowest BCUT2D eigenvalue weighted by Crippen LogP contribution is -2.39. The maximum atomic E-state index is 13.3. The summed E-state index contributed by atoms with van der Waals surface area (Å²) in [4.78, 5) is 2.25. The van der Waals surface area contributed by atoms with E-state index in [0.717, 1.165) is 17.9 Å². The summed E-state index contributed by atoms with van der Waals surface area (Å²) in [5, 5.41) is 18.2. The van der Waals surface area contributed by atoms with E-state index in [1.807, 2.05) is 11.0 Å². The lowest BCUT2D eigenvalue weighted by atomic mass is 10.1. The Bertz CT molecular complexity index is 1520. The average molecular weight is 562 g/mol. The van der Waals surface area contributed by atoms with E-state index in [1.165, 1.54) is 41.7 Å². The minimum atomic E-state index is -4.47. The molecule has 1 saturated heterocycles. The van der Waals surface area contributed by atoms with E-state index >= 15 is 0 Å². The van der Waals surface area contributed by atoms with E-state index < -0.39 is 21.6 Å². The van der Waals surface area contributed by atoms with Crippen LogP contribution in [0.15, 0.2) is 65.6 Å². The Morgan fingerprint density at radius 3 is 2.21 bits per heavy atom. The molecule has 4 aromatic rings. The fourth-order valence-corrected chi connectivity index (χ4v) is 5.53. The number of rotatable bonds is 6. The smallest absolute Gasteiger partial charge is 0.419 e. The van der Waals surface area contributed by atoms with Crippen LogP contribution in [0.1, 0.15) is 18.4 Å². The molecule has 0 N–H and O–H groups in total. The van der Waals surface area contributed by atoms with Crippen LogP contribution in [0.5, 0.6) is 5.75 Å². The first-order chi connectivity index (χ1) is 18.1. The summed E-state index contributed by atoms with van der Waals surface area (Å²) >= 11 is 1.31. The Labute approximate surface area is 221 Å². The Kier molecular flexibility index (Phi) is 7.05. The van der Waals surface area contributed by atoms with Crippen molar-refractivity contribution in [3.05, 3.63) is 66.2 Å². The van der Waals surface area contributed by atoms with Gasteiger partial charge < -0.3 is 9.64 Å². The molecule has 5 rings (SSSR count). The van der Waals surface area contributed by atoms with Gasteiger partial charge in [0.25, 0.3) is 0 Å². The van der Waals surface area contributed by atoms with E-state index in [0.29, 0.717) is 47.5 Å². The van der Waals surface area contributed by atoms with Crippen molar-refractivity contribution < 1.29 is 26.3 Å². The van der Waals surface area contributed by atoms with Crippen LogP contribution in [0.2, 0.25) is 0 Å². The Balaban J connectivity index is 1.21. The van der Waals surface area contributed by atoms with E-state index in [1.54, 1.807) is 18.2 Å². The van der Waals surface area contributed by atoms with E-state index in [4.69, 9.17) is 4.74 Å². The second-order valence-corrected chi connectivity index (χ2v) is 11.8. The van der Waals surface area contributed by atoms with Crippen LogP contribution in [0.3, 0.4) is 0 Å². The van der Waals surface area contributed by atoms with Crippen LogP contribution >= 0.6 is 11.3 Å². The molecule has 1 fully saturated rings. The molecule has 38 heavy (non-hydrogen) atoms. The number of hydrogen-bond donors (Lipinski definition) is 0. The number of anilines is 1. The first kappa shape index (κ1) is 26.0. The number of halogens is 3. The SMILES string of the molecule is CS(=O)(=O)c1ccc(-c2nnc(-c3ccc(N4CCC(Oc5ccccc5C(F)(F)F)CC4)nn3)s2)cc1. The minimum absolute atomic E-state index is 0.148. The van der Waals surface area contributed by atoms with Gasteiger partial charge in [-0.05, 0) is 36.4 Å². The molecule has 13 heteroatoms. The molecule has 0 spiro atoms. The molecule has 1 aliphatic rings. The maximum absolute atomic E-state index is 13.3. The number of para-hydroxylation sites is 1. The van der Waals surface area contributed by atoms with Crippen LogP contribution in [0.25, 0.3) is 21.3 Å². The average Bonchev–Trinajstić information content (AvgIpc) is 3.39. The third-order valence-corrected chi connectivity index (χ3v) is 8.20. The fourth-order valence-electron chi connectivity index (χ4n) is 4.08. The monoisotopic (exact) mass is 561 g/mol. The van der Waals surface area contributed by atoms with E-state index in [2.05, 4.69) is 20.4 Å². The highest BCUT2D eigenvalue weighted by molar-refractivity contribution is 7.90. The molecule has 2 aromatic heterocycles. The fraction of sp³-hybridized carbons (Fsp3) is 0.280.